The van der Waals surface area contributed by atoms with Crippen molar-refractivity contribution in [1.82, 2.24) is 4.98 Å². The van der Waals surface area contributed by atoms with E-state index in [1.54, 1.807) is 13.0 Å². The van der Waals surface area contributed by atoms with Gasteiger partial charge in [0.1, 0.15) is 5.82 Å². The van der Waals surface area contributed by atoms with Gasteiger partial charge >= 0.3 is 0 Å². The molecule has 0 spiro atoms. The second-order valence-electron chi connectivity index (χ2n) is 1.84. The molecule has 1 aromatic heterocycles. The van der Waals surface area contributed by atoms with Crippen LogP contribution < -0.4 is 5.73 Å². The average Bonchev–Trinajstić information content (AvgIpc) is 1.80. The van der Waals surface area contributed by atoms with Crippen LogP contribution in [0.1, 0.15) is 5.56 Å². The smallest absolute Gasteiger partial charge is 0.214 e. The van der Waals surface area contributed by atoms with Crippen LogP contribution in [0.25, 0.3) is 0 Å². The molecule has 9 heavy (non-hydrogen) atoms. The van der Waals surface area contributed by atoms with Crippen LogP contribution in [-0.4, -0.2) is 4.98 Å². The van der Waals surface area contributed by atoms with E-state index in [0.29, 0.717) is 0 Å². The second-order valence-corrected chi connectivity index (χ2v) is 1.84. The summed E-state index contributed by atoms with van der Waals surface area (Å²) in [4.78, 5) is 3.38. The summed E-state index contributed by atoms with van der Waals surface area (Å²) in [7, 11) is 0. The monoisotopic (exact) mass is 126 g/mol. The third-order valence-corrected chi connectivity index (χ3v) is 1.10. The molecule has 0 aliphatic rings. The predicted octanol–water partition coefficient (Wildman–Crippen LogP) is 1.11. The van der Waals surface area contributed by atoms with Gasteiger partial charge in [-0.15, -0.1) is 0 Å². The Morgan fingerprint density at radius 3 is 2.67 bits per heavy atom. The van der Waals surface area contributed by atoms with E-state index in [-0.39, 0.29) is 5.82 Å². The van der Waals surface area contributed by atoms with E-state index in [4.69, 9.17) is 5.73 Å². The van der Waals surface area contributed by atoms with Gasteiger partial charge in [-0.2, -0.15) is 4.39 Å². The average molecular weight is 126 g/mol. The third-order valence-electron chi connectivity index (χ3n) is 1.10. The van der Waals surface area contributed by atoms with Crippen molar-refractivity contribution in [1.29, 1.82) is 0 Å². The fourth-order valence-electron chi connectivity index (χ4n) is 0.520. The second kappa shape index (κ2) is 2.01. The van der Waals surface area contributed by atoms with Crippen LogP contribution in [0.4, 0.5) is 10.2 Å². The zero-order chi connectivity index (χ0) is 6.85. The maximum Gasteiger partial charge on any atom is 0.214 e. The quantitative estimate of drug-likeness (QED) is 0.529. The Morgan fingerprint density at radius 1 is 1.56 bits per heavy atom. The van der Waals surface area contributed by atoms with E-state index in [0.717, 1.165) is 5.56 Å². The summed E-state index contributed by atoms with van der Waals surface area (Å²) < 4.78 is 12.2. The first-order valence-electron chi connectivity index (χ1n) is 2.59. The Balaban J connectivity index is 3.17. The lowest BCUT2D eigenvalue weighted by molar-refractivity contribution is 0.585. The van der Waals surface area contributed by atoms with E-state index < -0.39 is 5.95 Å². The molecule has 2 nitrogen and oxygen atoms in total. The zero-order valence-corrected chi connectivity index (χ0v) is 5.06. The molecule has 1 heterocycles. The van der Waals surface area contributed by atoms with Crippen molar-refractivity contribution in [2.75, 3.05) is 5.73 Å². The van der Waals surface area contributed by atoms with Crippen molar-refractivity contribution in [3.05, 3.63) is 23.6 Å². The number of hydrogen-bond acceptors (Lipinski definition) is 2. The standard InChI is InChI=1S/C6H7FN2/c1-4-2-3-5(7)9-6(4)8/h2-3H,1H3,(H2,8,9). The number of aryl methyl sites for hydroxylation is 1. The summed E-state index contributed by atoms with van der Waals surface area (Å²) in [6, 6.07) is 2.88. The summed E-state index contributed by atoms with van der Waals surface area (Å²) in [5, 5.41) is 0. The van der Waals surface area contributed by atoms with Crippen LogP contribution in [0.15, 0.2) is 12.1 Å². The third kappa shape index (κ3) is 1.16. The lowest BCUT2D eigenvalue weighted by Crippen LogP contribution is -1.94. The van der Waals surface area contributed by atoms with E-state index in [1.165, 1.54) is 6.07 Å². The van der Waals surface area contributed by atoms with Gasteiger partial charge in [-0.1, -0.05) is 6.07 Å². The van der Waals surface area contributed by atoms with Gasteiger partial charge in [-0.3, -0.25) is 0 Å². The summed E-state index contributed by atoms with van der Waals surface area (Å²) in [5.41, 5.74) is 6.07. The largest absolute Gasteiger partial charge is 0.383 e. The van der Waals surface area contributed by atoms with Gasteiger partial charge in [-0.05, 0) is 18.6 Å². The van der Waals surface area contributed by atoms with Gasteiger partial charge < -0.3 is 5.73 Å². The number of nitrogen functional groups attached to an aromatic ring is 1. The Labute approximate surface area is 52.5 Å². The molecular weight excluding hydrogens is 119 g/mol. The molecule has 3 heteroatoms. The summed E-state index contributed by atoms with van der Waals surface area (Å²) >= 11 is 0. The van der Waals surface area contributed by atoms with Gasteiger partial charge in [0.2, 0.25) is 5.95 Å². The summed E-state index contributed by atoms with van der Waals surface area (Å²) in [6.07, 6.45) is 0. The van der Waals surface area contributed by atoms with E-state index in [9.17, 15) is 4.39 Å². The molecule has 2 N–H and O–H groups in total. The zero-order valence-electron chi connectivity index (χ0n) is 5.06. The minimum atomic E-state index is -0.530. The highest BCUT2D eigenvalue weighted by atomic mass is 19.1. The lowest BCUT2D eigenvalue weighted by Gasteiger charge is -1.94. The van der Waals surface area contributed by atoms with Crippen molar-refractivity contribution in [3.8, 4) is 0 Å². The molecule has 0 aliphatic heterocycles. The van der Waals surface area contributed by atoms with Crippen molar-refractivity contribution >= 4 is 5.82 Å². The van der Waals surface area contributed by atoms with Crippen LogP contribution in [0.3, 0.4) is 0 Å². The van der Waals surface area contributed by atoms with Crippen LogP contribution >= 0.6 is 0 Å². The van der Waals surface area contributed by atoms with Crippen LogP contribution in [-0.2, 0) is 0 Å². The van der Waals surface area contributed by atoms with Crippen LogP contribution in [0.5, 0.6) is 0 Å². The number of rotatable bonds is 0. The maximum atomic E-state index is 12.2. The normalized spacial score (nSPS) is 9.56. The highest BCUT2D eigenvalue weighted by Gasteiger charge is 1.94. The number of anilines is 1. The summed E-state index contributed by atoms with van der Waals surface area (Å²) in [5.74, 6) is -0.270. The van der Waals surface area contributed by atoms with E-state index in [2.05, 4.69) is 4.98 Å². The molecule has 1 aromatic rings. The minimum absolute atomic E-state index is 0.259. The molecule has 0 unspecified atom stereocenters. The van der Waals surface area contributed by atoms with Crippen molar-refractivity contribution in [2.24, 2.45) is 0 Å². The van der Waals surface area contributed by atoms with Crippen molar-refractivity contribution in [2.45, 2.75) is 6.92 Å². The first kappa shape index (κ1) is 6.01. The Hall–Kier alpha value is -1.12. The van der Waals surface area contributed by atoms with E-state index >= 15 is 0 Å². The minimum Gasteiger partial charge on any atom is -0.383 e. The van der Waals surface area contributed by atoms with Gasteiger partial charge in [0, 0.05) is 0 Å². The first-order chi connectivity index (χ1) is 4.20. The molecule has 0 aliphatic carbocycles. The topological polar surface area (TPSA) is 38.9 Å². The molecule has 0 saturated carbocycles. The maximum absolute atomic E-state index is 12.2. The number of nitrogens with two attached hydrogens (primary N) is 1. The highest BCUT2D eigenvalue weighted by molar-refractivity contribution is 5.36. The molecule has 0 fully saturated rings. The fraction of sp³-hybridized carbons (Fsp3) is 0.167. The SMILES string of the molecule is Cc1ccc(F)nc1N. The number of aromatic nitrogens is 1. The number of hydrogen-bond donors (Lipinski definition) is 1. The van der Waals surface area contributed by atoms with Gasteiger partial charge in [0.15, 0.2) is 0 Å². The predicted molar refractivity (Wildman–Crippen MR) is 33.3 cm³/mol. The van der Waals surface area contributed by atoms with Crippen LogP contribution in [0, 0.1) is 12.9 Å². The molecule has 0 saturated heterocycles. The molecule has 0 amide bonds. The lowest BCUT2D eigenvalue weighted by atomic mass is 10.3. The van der Waals surface area contributed by atoms with Gasteiger partial charge in [0.25, 0.3) is 0 Å². The Morgan fingerprint density at radius 2 is 2.22 bits per heavy atom. The Bertz CT molecular complexity index is 222. The Kier molecular flexibility index (Phi) is 1.34. The molecular formula is C6H7FN2. The molecule has 0 aromatic carbocycles. The molecule has 0 atom stereocenters. The van der Waals surface area contributed by atoms with E-state index in [1.807, 2.05) is 0 Å². The number of halogens is 1. The summed E-state index contributed by atoms with van der Waals surface area (Å²) in [6.45, 7) is 1.78. The molecule has 48 valence electrons. The van der Waals surface area contributed by atoms with Crippen molar-refractivity contribution in [3.63, 3.8) is 0 Å². The fourth-order valence-corrected chi connectivity index (χ4v) is 0.520. The number of nitrogens with zero attached hydrogens (tertiary/aromatic N) is 1. The van der Waals surface area contributed by atoms with Gasteiger partial charge in [0.05, 0.1) is 0 Å². The molecule has 0 radical (unpaired) electrons. The highest BCUT2D eigenvalue weighted by Crippen LogP contribution is 2.05. The van der Waals surface area contributed by atoms with Crippen molar-refractivity contribution < 1.29 is 4.39 Å². The molecule has 1 rings (SSSR count). The van der Waals surface area contributed by atoms with Crippen LogP contribution in [0.2, 0.25) is 0 Å². The molecule has 0 bridgehead atoms. The first-order valence-corrected chi connectivity index (χ1v) is 2.59. The van der Waals surface area contributed by atoms with Gasteiger partial charge in [-0.25, -0.2) is 4.98 Å². The number of pyridine rings is 1.